The lowest BCUT2D eigenvalue weighted by Gasteiger charge is -2.21. The average molecular weight is 203 g/mol. The Morgan fingerprint density at radius 1 is 1.33 bits per heavy atom. The maximum atomic E-state index is 9.14. The highest BCUT2D eigenvalue weighted by Gasteiger charge is 2.27. The molecule has 2 N–H and O–H groups in total. The third-order valence-corrected chi connectivity index (χ3v) is 2.56. The Morgan fingerprint density at radius 3 is 2.40 bits per heavy atom. The van der Waals surface area contributed by atoms with Gasteiger partial charge in [-0.25, -0.2) is 0 Å². The SMILES string of the molecule is CC(C#N)(CCB(O)O)c1ccccc1. The zero-order chi connectivity index (χ0) is 11.3. The molecule has 0 bridgehead atoms. The van der Waals surface area contributed by atoms with Crippen molar-refractivity contribution in [3.8, 4) is 6.07 Å². The van der Waals surface area contributed by atoms with E-state index in [0.717, 1.165) is 5.56 Å². The molecule has 78 valence electrons. The highest BCUT2D eigenvalue weighted by molar-refractivity contribution is 6.40. The summed E-state index contributed by atoms with van der Waals surface area (Å²) in [7, 11) is -1.35. The van der Waals surface area contributed by atoms with E-state index in [1.54, 1.807) is 0 Å². The lowest BCUT2D eigenvalue weighted by atomic mass is 9.72. The number of nitriles is 1. The summed E-state index contributed by atoms with van der Waals surface area (Å²) >= 11 is 0. The van der Waals surface area contributed by atoms with Crippen LogP contribution in [0.4, 0.5) is 0 Å². The van der Waals surface area contributed by atoms with E-state index in [9.17, 15) is 0 Å². The molecule has 0 aliphatic heterocycles. The van der Waals surface area contributed by atoms with E-state index >= 15 is 0 Å². The van der Waals surface area contributed by atoms with Gasteiger partial charge in [0.25, 0.3) is 0 Å². The predicted molar refractivity (Wildman–Crippen MR) is 59.0 cm³/mol. The number of benzene rings is 1. The second kappa shape index (κ2) is 4.97. The minimum atomic E-state index is -1.35. The second-order valence-electron chi connectivity index (χ2n) is 3.83. The predicted octanol–water partition coefficient (Wildman–Crippen LogP) is 1.33. The van der Waals surface area contributed by atoms with Crippen LogP contribution < -0.4 is 0 Å². The molecule has 0 aliphatic rings. The quantitative estimate of drug-likeness (QED) is 0.725. The van der Waals surface area contributed by atoms with E-state index in [1.165, 1.54) is 0 Å². The van der Waals surface area contributed by atoms with Gasteiger partial charge < -0.3 is 10.0 Å². The van der Waals surface area contributed by atoms with Gasteiger partial charge in [0.15, 0.2) is 0 Å². The molecule has 0 heterocycles. The van der Waals surface area contributed by atoms with Crippen LogP contribution in [0.2, 0.25) is 6.32 Å². The molecular formula is C11H14BNO2. The van der Waals surface area contributed by atoms with Crippen LogP contribution in [-0.2, 0) is 5.41 Å². The van der Waals surface area contributed by atoms with Crippen molar-refractivity contribution in [3.63, 3.8) is 0 Å². The normalized spacial score (nSPS) is 14.0. The topological polar surface area (TPSA) is 64.2 Å². The first-order chi connectivity index (χ1) is 7.08. The monoisotopic (exact) mass is 203 g/mol. The summed E-state index contributed by atoms with van der Waals surface area (Å²) in [4.78, 5) is 0. The molecule has 3 nitrogen and oxygen atoms in total. The Kier molecular flexibility index (Phi) is 3.90. The van der Waals surface area contributed by atoms with Gasteiger partial charge >= 0.3 is 7.12 Å². The van der Waals surface area contributed by atoms with Gasteiger partial charge in [-0.1, -0.05) is 30.3 Å². The Morgan fingerprint density at radius 2 is 1.93 bits per heavy atom. The third kappa shape index (κ3) is 3.09. The Hall–Kier alpha value is -1.31. The molecule has 0 aliphatic carbocycles. The summed E-state index contributed by atoms with van der Waals surface area (Å²) in [5, 5.41) is 26.7. The largest absolute Gasteiger partial charge is 0.451 e. The van der Waals surface area contributed by atoms with Gasteiger partial charge in [-0.2, -0.15) is 5.26 Å². The van der Waals surface area contributed by atoms with Gasteiger partial charge in [0.1, 0.15) is 0 Å². The summed E-state index contributed by atoms with van der Waals surface area (Å²) in [6.07, 6.45) is 0.643. The van der Waals surface area contributed by atoms with E-state index in [1.807, 2.05) is 37.3 Å². The summed E-state index contributed by atoms with van der Waals surface area (Å²) in [5.74, 6) is 0. The highest BCUT2D eigenvalue weighted by atomic mass is 16.4. The Balaban J connectivity index is 2.82. The molecule has 0 spiro atoms. The van der Waals surface area contributed by atoms with Crippen molar-refractivity contribution >= 4 is 7.12 Å². The van der Waals surface area contributed by atoms with E-state index in [0.29, 0.717) is 6.42 Å². The van der Waals surface area contributed by atoms with Gasteiger partial charge in [0.05, 0.1) is 11.5 Å². The molecule has 0 saturated heterocycles. The van der Waals surface area contributed by atoms with Crippen LogP contribution in [0.3, 0.4) is 0 Å². The number of hydrogen-bond donors (Lipinski definition) is 2. The van der Waals surface area contributed by atoms with Crippen molar-refractivity contribution in [1.29, 1.82) is 5.26 Å². The van der Waals surface area contributed by atoms with Gasteiger partial charge in [0, 0.05) is 0 Å². The summed E-state index contributed by atoms with van der Waals surface area (Å²) in [6.45, 7) is 1.81. The van der Waals surface area contributed by atoms with E-state index in [4.69, 9.17) is 15.3 Å². The molecule has 1 aromatic carbocycles. The number of rotatable bonds is 4. The van der Waals surface area contributed by atoms with Crippen LogP contribution in [0.15, 0.2) is 30.3 Å². The van der Waals surface area contributed by atoms with Crippen molar-refractivity contribution in [1.82, 2.24) is 0 Å². The first-order valence-corrected chi connectivity index (χ1v) is 4.91. The molecule has 1 rings (SSSR count). The zero-order valence-corrected chi connectivity index (χ0v) is 8.72. The maximum absolute atomic E-state index is 9.14. The van der Waals surface area contributed by atoms with E-state index < -0.39 is 12.5 Å². The molecule has 1 aromatic rings. The van der Waals surface area contributed by atoms with Crippen LogP contribution in [-0.4, -0.2) is 17.2 Å². The van der Waals surface area contributed by atoms with E-state index in [2.05, 4.69) is 6.07 Å². The minimum Gasteiger partial charge on any atom is -0.427 e. The lowest BCUT2D eigenvalue weighted by Crippen LogP contribution is -2.23. The van der Waals surface area contributed by atoms with Crippen LogP contribution in [0.1, 0.15) is 18.9 Å². The van der Waals surface area contributed by atoms with Crippen LogP contribution in [0.5, 0.6) is 0 Å². The molecule has 15 heavy (non-hydrogen) atoms. The van der Waals surface area contributed by atoms with Gasteiger partial charge in [0.2, 0.25) is 0 Å². The maximum Gasteiger partial charge on any atom is 0.451 e. The fourth-order valence-corrected chi connectivity index (χ4v) is 1.49. The molecule has 1 unspecified atom stereocenters. The van der Waals surface area contributed by atoms with Crippen LogP contribution in [0, 0.1) is 11.3 Å². The lowest BCUT2D eigenvalue weighted by molar-refractivity contribution is 0.395. The second-order valence-corrected chi connectivity index (χ2v) is 3.83. The van der Waals surface area contributed by atoms with Crippen molar-refractivity contribution in [2.45, 2.75) is 25.1 Å². The zero-order valence-electron chi connectivity index (χ0n) is 8.72. The molecule has 4 heteroatoms. The van der Waals surface area contributed by atoms with Gasteiger partial charge in [-0.05, 0) is 25.2 Å². The van der Waals surface area contributed by atoms with E-state index in [-0.39, 0.29) is 6.32 Å². The molecule has 1 atom stereocenters. The molecule has 0 aromatic heterocycles. The summed E-state index contributed by atoms with van der Waals surface area (Å²) in [5.41, 5.74) is 0.262. The van der Waals surface area contributed by atoms with Crippen molar-refractivity contribution in [2.75, 3.05) is 0 Å². The molecule has 0 radical (unpaired) electrons. The van der Waals surface area contributed by atoms with Crippen molar-refractivity contribution in [3.05, 3.63) is 35.9 Å². The molecule has 0 saturated carbocycles. The highest BCUT2D eigenvalue weighted by Crippen LogP contribution is 2.28. The summed E-state index contributed by atoms with van der Waals surface area (Å²) in [6, 6.07) is 11.6. The molecule has 0 amide bonds. The minimum absolute atomic E-state index is 0.207. The fourth-order valence-electron chi connectivity index (χ4n) is 1.49. The van der Waals surface area contributed by atoms with Crippen LogP contribution >= 0.6 is 0 Å². The van der Waals surface area contributed by atoms with Crippen LogP contribution in [0.25, 0.3) is 0 Å². The average Bonchev–Trinajstić information content (AvgIpc) is 2.27. The smallest absolute Gasteiger partial charge is 0.427 e. The first kappa shape index (κ1) is 11.8. The Labute approximate surface area is 90.1 Å². The standard InChI is InChI=1S/C11H14BNO2/c1-11(9-13,7-8-12(14)15)10-5-3-2-4-6-10/h2-6,14-15H,7-8H2,1H3. The molecular weight excluding hydrogens is 189 g/mol. The van der Waals surface area contributed by atoms with Crippen molar-refractivity contribution < 1.29 is 10.0 Å². The first-order valence-electron chi connectivity index (χ1n) is 4.91. The Bertz CT molecular complexity index is 347. The number of nitrogens with zero attached hydrogens (tertiary/aromatic N) is 1. The summed E-state index contributed by atoms with van der Waals surface area (Å²) < 4.78 is 0. The van der Waals surface area contributed by atoms with Crippen molar-refractivity contribution in [2.24, 2.45) is 0 Å². The molecule has 0 fully saturated rings. The third-order valence-electron chi connectivity index (χ3n) is 2.56. The van der Waals surface area contributed by atoms with Gasteiger partial charge in [-0.15, -0.1) is 0 Å². The van der Waals surface area contributed by atoms with Gasteiger partial charge in [-0.3, -0.25) is 0 Å². The number of hydrogen-bond acceptors (Lipinski definition) is 3. The fraction of sp³-hybridized carbons (Fsp3) is 0.364.